The maximum atomic E-state index is 11.9. The zero-order valence-electron chi connectivity index (χ0n) is 10.4. The number of carbonyl (C=O) groups is 2. The Kier molecular flexibility index (Phi) is 4.23. The number of urea groups is 1. The standard InChI is InChI=1S/C13H11ClN4O2/c14-10-1-3-11(4-2-10)17-12(19)9(7-15)8-18-6-5-16-13(18)20/h1-4,8H,5-6H2,(H,16,20)(H,17,19)/b9-8+. The Labute approximate surface area is 120 Å². The highest BCUT2D eigenvalue weighted by Gasteiger charge is 2.20. The smallest absolute Gasteiger partial charge is 0.321 e. The lowest BCUT2D eigenvalue weighted by Crippen LogP contribution is -2.25. The summed E-state index contributed by atoms with van der Waals surface area (Å²) in [6, 6.07) is 7.96. The largest absolute Gasteiger partial charge is 0.336 e. The molecule has 0 unspecified atom stereocenters. The summed E-state index contributed by atoms with van der Waals surface area (Å²) in [5, 5.41) is 14.7. The van der Waals surface area contributed by atoms with Crippen LogP contribution < -0.4 is 10.6 Å². The Hall–Kier alpha value is -2.52. The zero-order valence-corrected chi connectivity index (χ0v) is 11.1. The minimum Gasteiger partial charge on any atom is -0.336 e. The van der Waals surface area contributed by atoms with E-state index in [1.165, 1.54) is 11.1 Å². The number of nitrogens with one attached hydrogen (secondary N) is 2. The van der Waals surface area contributed by atoms with E-state index in [1.54, 1.807) is 30.3 Å². The van der Waals surface area contributed by atoms with Crippen LogP contribution in [0.1, 0.15) is 0 Å². The van der Waals surface area contributed by atoms with Crippen LogP contribution in [0.3, 0.4) is 0 Å². The lowest BCUT2D eigenvalue weighted by molar-refractivity contribution is -0.112. The number of rotatable bonds is 3. The van der Waals surface area contributed by atoms with Gasteiger partial charge >= 0.3 is 6.03 Å². The Morgan fingerprint density at radius 1 is 1.45 bits per heavy atom. The summed E-state index contributed by atoms with van der Waals surface area (Å²) in [5.74, 6) is -0.575. The third-order valence-electron chi connectivity index (χ3n) is 2.64. The molecule has 1 aliphatic heterocycles. The molecule has 1 saturated heterocycles. The molecule has 1 fully saturated rings. The average molecular weight is 291 g/mol. The molecule has 2 rings (SSSR count). The van der Waals surface area contributed by atoms with Crippen LogP contribution in [0.5, 0.6) is 0 Å². The average Bonchev–Trinajstić information content (AvgIpc) is 2.84. The molecule has 1 aromatic rings. The first-order valence-corrected chi connectivity index (χ1v) is 6.21. The lowest BCUT2D eigenvalue weighted by atomic mass is 10.2. The molecule has 0 aliphatic carbocycles. The molecule has 7 heteroatoms. The van der Waals surface area contributed by atoms with Gasteiger partial charge in [0.15, 0.2) is 0 Å². The van der Waals surface area contributed by atoms with Crippen LogP contribution in [0.25, 0.3) is 0 Å². The second-order valence-corrected chi connectivity index (χ2v) is 4.48. The molecular formula is C13H11ClN4O2. The van der Waals surface area contributed by atoms with E-state index in [1.807, 2.05) is 0 Å². The van der Waals surface area contributed by atoms with Gasteiger partial charge in [0.2, 0.25) is 0 Å². The van der Waals surface area contributed by atoms with E-state index in [0.29, 0.717) is 23.8 Å². The first kappa shape index (κ1) is 13.9. The molecule has 0 radical (unpaired) electrons. The predicted molar refractivity (Wildman–Crippen MR) is 73.9 cm³/mol. The summed E-state index contributed by atoms with van der Waals surface area (Å²) >= 11 is 5.74. The maximum Gasteiger partial charge on any atom is 0.321 e. The van der Waals surface area contributed by atoms with Gasteiger partial charge < -0.3 is 10.6 Å². The summed E-state index contributed by atoms with van der Waals surface area (Å²) in [4.78, 5) is 24.6. The van der Waals surface area contributed by atoms with Crippen LogP contribution >= 0.6 is 11.6 Å². The molecule has 0 saturated carbocycles. The number of nitriles is 1. The molecule has 1 aliphatic rings. The Morgan fingerprint density at radius 3 is 2.70 bits per heavy atom. The molecule has 1 heterocycles. The van der Waals surface area contributed by atoms with Gasteiger partial charge in [0, 0.05) is 30.0 Å². The Morgan fingerprint density at radius 2 is 2.15 bits per heavy atom. The van der Waals surface area contributed by atoms with E-state index in [4.69, 9.17) is 16.9 Å². The third kappa shape index (κ3) is 3.28. The van der Waals surface area contributed by atoms with Crippen molar-refractivity contribution in [1.29, 1.82) is 5.26 Å². The van der Waals surface area contributed by atoms with E-state index in [2.05, 4.69) is 10.6 Å². The molecule has 3 amide bonds. The number of carbonyl (C=O) groups excluding carboxylic acids is 2. The summed E-state index contributed by atoms with van der Waals surface area (Å²) in [6.45, 7) is 0.922. The first-order chi connectivity index (χ1) is 9.60. The van der Waals surface area contributed by atoms with E-state index < -0.39 is 5.91 Å². The molecule has 0 aromatic heterocycles. The maximum absolute atomic E-state index is 11.9. The third-order valence-corrected chi connectivity index (χ3v) is 2.89. The van der Waals surface area contributed by atoms with Gasteiger partial charge in [0.25, 0.3) is 5.91 Å². The number of amides is 3. The predicted octanol–water partition coefficient (Wildman–Crippen LogP) is 1.71. The zero-order chi connectivity index (χ0) is 14.5. The van der Waals surface area contributed by atoms with Gasteiger partial charge in [-0.2, -0.15) is 5.26 Å². The lowest BCUT2D eigenvalue weighted by Gasteiger charge is -2.09. The van der Waals surface area contributed by atoms with Gasteiger partial charge in [-0.25, -0.2) is 4.79 Å². The molecule has 0 bridgehead atoms. The number of hydrogen-bond donors (Lipinski definition) is 2. The Bertz CT molecular complexity index is 604. The van der Waals surface area contributed by atoms with Crippen molar-refractivity contribution in [2.24, 2.45) is 0 Å². The number of halogens is 1. The van der Waals surface area contributed by atoms with Gasteiger partial charge in [0.05, 0.1) is 0 Å². The fraction of sp³-hybridized carbons (Fsp3) is 0.154. The second-order valence-electron chi connectivity index (χ2n) is 4.04. The van der Waals surface area contributed by atoms with E-state index in [0.717, 1.165) is 0 Å². The number of nitrogens with zero attached hydrogens (tertiary/aromatic N) is 2. The van der Waals surface area contributed by atoms with Crippen molar-refractivity contribution in [3.05, 3.63) is 41.1 Å². The van der Waals surface area contributed by atoms with Crippen molar-refractivity contribution in [3.63, 3.8) is 0 Å². The van der Waals surface area contributed by atoms with Crippen LogP contribution in [0, 0.1) is 11.3 Å². The fourth-order valence-electron chi connectivity index (χ4n) is 1.64. The fourth-order valence-corrected chi connectivity index (χ4v) is 1.76. The van der Waals surface area contributed by atoms with Gasteiger partial charge in [-0.15, -0.1) is 0 Å². The summed E-state index contributed by atoms with van der Waals surface area (Å²) in [7, 11) is 0. The summed E-state index contributed by atoms with van der Waals surface area (Å²) < 4.78 is 0. The molecule has 0 spiro atoms. The van der Waals surface area contributed by atoms with Crippen molar-refractivity contribution in [2.45, 2.75) is 0 Å². The number of anilines is 1. The molecule has 102 valence electrons. The quantitative estimate of drug-likeness (QED) is 0.656. The van der Waals surface area contributed by atoms with Crippen molar-refractivity contribution in [2.75, 3.05) is 18.4 Å². The van der Waals surface area contributed by atoms with Gasteiger partial charge in [-0.1, -0.05) is 11.6 Å². The first-order valence-electron chi connectivity index (χ1n) is 5.83. The summed E-state index contributed by atoms with van der Waals surface area (Å²) in [5.41, 5.74) is 0.378. The minimum atomic E-state index is -0.575. The molecule has 20 heavy (non-hydrogen) atoms. The van der Waals surface area contributed by atoms with Crippen molar-refractivity contribution in [1.82, 2.24) is 10.2 Å². The summed E-state index contributed by atoms with van der Waals surface area (Å²) in [6.07, 6.45) is 1.24. The van der Waals surface area contributed by atoms with Crippen LogP contribution in [0.15, 0.2) is 36.0 Å². The van der Waals surface area contributed by atoms with Crippen molar-refractivity contribution >= 4 is 29.2 Å². The van der Waals surface area contributed by atoms with Crippen LogP contribution in [0.2, 0.25) is 5.02 Å². The Balaban J connectivity index is 2.09. The molecule has 1 aromatic carbocycles. The number of hydrogen-bond acceptors (Lipinski definition) is 3. The minimum absolute atomic E-state index is 0.142. The van der Waals surface area contributed by atoms with E-state index >= 15 is 0 Å². The van der Waals surface area contributed by atoms with Crippen LogP contribution in [-0.2, 0) is 4.79 Å². The van der Waals surface area contributed by atoms with Crippen molar-refractivity contribution < 1.29 is 9.59 Å². The SMILES string of the molecule is N#C/C(=C\N1CCNC1=O)C(=O)Nc1ccc(Cl)cc1. The topological polar surface area (TPSA) is 85.2 Å². The van der Waals surface area contributed by atoms with Crippen molar-refractivity contribution in [3.8, 4) is 6.07 Å². The molecule has 0 atom stereocenters. The normalized spacial score (nSPS) is 14.7. The van der Waals surface area contributed by atoms with Crippen LogP contribution in [-0.4, -0.2) is 29.9 Å². The highest BCUT2D eigenvalue weighted by atomic mass is 35.5. The monoisotopic (exact) mass is 290 g/mol. The van der Waals surface area contributed by atoms with Gasteiger partial charge in [-0.3, -0.25) is 9.69 Å². The second kappa shape index (κ2) is 6.08. The molecule has 2 N–H and O–H groups in total. The van der Waals surface area contributed by atoms with Gasteiger partial charge in [-0.05, 0) is 24.3 Å². The van der Waals surface area contributed by atoms with Crippen LogP contribution in [0.4, 0.5) is 10.5 Å². The molecule has 6 nitrogen and oxygen atoms in total. The van der Waals surface area contributed by atoms with E-state index in [9.17, 15) is 9.59 Å². The van der Waals surface area contributed by atoms with E-state index in [-0.39, 0.29) is 11.6 Å². The van der Waals surface area contributed by atoms with Gasteiger partial charge in [0.1, 0.15) is 11.6 Å². The number of benzene rings is 1. The molecular weight excluding hydrogens is 280 g/mol. The highest BCUT2D eigenvalue weighted by molar-refractivity contribution is 6.30. The highest BCUT2D eigenvalue weighted by Crippen LogP contribution is 2.14.